The van der Waals surface area contributed by atoms with Crippen LogP contribution >= 0.6 is 0 Å². The lowest BCUT2D eigenvalue weighted by Crippen LogP contribution is -2.37. The number of amides is 1. The van der Waals surface area contributed by atoms with Gasteiger partial charge in [0.15, 0.2) is 0 Å². The van der Waals surface area contributed by atoms with Crippen LogP contribution in [-0.4, -0.2) is 30.4 Å². The highest BCUT2D eigenvalue weighted by Gasteiger charge is 2.20. The summed E-state index contributed by atoms with van der Waals surface area (Å²) < 4.78 is 0. The molecule has 0 aliphatic carbocycles. The van der Waals surface area contributed by atoms with Crippen molar-refractivity contribution in [3.8, 4) is 0 Å². The van der Waals surface area contributed by atoms with Gasteiger partial charge < -0.3 is 10.6 Å². The van der Waals surface area contributed by atoms with Gasteiger partial charge in [0.1, 0.15) is 0 Å². The highest BCUT2D eigenvalue weighted by molar-refractivity contribution is 5.87. The number of likely N-dealkylation sites (tertiary alicyclic amines) is 1. The van der Waals surface area contributed by atoms with Gasteiger partial charge in [0.25, 0.3) is 0 Å². The fourth-order valence-corrected chi connectivity index (χ4v) is 1.93. The molecule has 0 aromatic rings. The first-order valence-electron chi connectivity index (χ1n) is 5.39. The maximum absolute atomic E-state index is 11.5. The molecule has 0 aromatic carbocycles. The first-order valence-corrected chi connectivity index (χ1v) is 5.39. The first-order chi connectivity index (χ1) is 6.77. The molecule has 3 heteroatoms. The average molecular weight is 196 g/mol. The van der Waals surface area contributed by atoms with Crippen molar-refractivity contribution in [1.29, 1.82) is 0 Å². The number of hydrogen-bond acceptors (Lipinski definition) is 2. The van der Waals surface area contributed by atoms with Gasteiger partial charge in [-0.15, -0.1) is 0 Å². The molecule has 0 bridgehead atoms. The molecule has 1 saturated heterocycles. The van der Waals surface area contributed by atoms with Gasteiger partial charge in [0.05, 0.1) is 0 Å². The monoisotopic (exact) mass is 196 g/mol. The number of carbonyl (C=O) groups is 1. The Morgan fingerprint density at radius 1 is 1.50 bits per heavy atom. The lowest BCUT2D eigenvalue weighted by molar-refractivity contribution is -0.127. The summed E-state index contributed by atoms with van der Waals surface area (Å²) in [6.07, 6.45) is 6.77. The lowest BCUT2D eigenvalue weighted by Gasteiger charge is -2.31. The van der Waals surface area contributed by atoms with Crippen LogP contribution in [0.3, 0.4) is 0 Å². The molecule has 3 nitrogen and oxygen atoms in total. The third kappa shape index (κ3) is 3.14. The van der Waals surface area contributed by atoms with Gasteiger partial charge in [0.2, 0.25) is 5.91 Å². The maximum Gasteiger partial charge on any atom is 0.246 e. The van der Waals surface area contributed by atoms with E-state index in [4.69, 9.17) is 5.73 Å². The van der Waals surface area contributed by atoms with Crippen LogP contribution in [0.15, 0.2) is 12.2 Å². The van der Waals surface area contributed by atoms with Gasteiger partial charge in [-0.25, -0.2) is 0 Å². The topological polar surface area (TPSA) is 46.3 Å². The van der Waals surface area contributed by atoms with Gasteiger partial charge >= 0.3 is 0 Å². The fourth-order valence-electron chi connectivity index (χ4n) is 1.93. The van der Waals surface area contributed by atoms with Crippen LogP contribution in [0.5, 0.6) is 0 Å². The van der Waals surface area contributed by atoms with E-state index in [9.17, 15) is 4.79 Å². The summed E-state index contributed by atoms with van der Waals surface area (Å²) in [5.41, 5.74) is 5.51. The Balaban J connectivity index is 2.31. The summed E-state index contributed by atoms with van der Waals surface area (Å²) in [6, 6.07) is 0. The number of rotatable bonds is 3. The van der Waals surface area contributed by atoms with Crippen molar-refractivity contribution in [2.24, 2.45) is 11.7 Å². The normalized spacial score (nSPS) is 19.1. The Labute approximate surface area is 86.0 Å². The Kier molecular flexibility index (Phi) is 4.66. The summed E-state index contributed by atoms with van der Waals surface area (Å²) in [6.45, 7) is 4.44. The molecule has 1 aliphatic heterocycles. The molecule has 0 atom stereocenters. The van der Waals surface area contributed by atoms with E-state index in [-0.39, 0.29) is 5.91 Å². The van der Waals surface area contributed by atoms with Crippen LogP contribution in [0.1, 0.15) is 26.2 Å². The Morgan fingerprint density at radius 3 is 2.64 bits per heavy atom. The quantitative estimate of drug-likeness (QED) is 0.688. The summed E-state index contributed by atoms with van der Waals surface area (Å²) in [5.74, 6) is 0.883. The Bertz CT molecular complexity index is 205. The zero-order valence-corrected chi connectivity index (χ0v) is 8.91. The number of carbonyl (C=O) groups excluding carboxylic acids is 1. The van der Waals surface area contributed by atoms with Crippen LogP contribution in [0.2, 0.25) is 0 Å². The second-order valence-electron chi connectivity index (χ2n) is 3.85. The molecule has 0 saturated carbocycles. The van der Waals surface area contributed by atoms with E-state index in [0.29, 0.717) is 0 Å². The molecule has 0 unspecified atom stereocenters. The highest BCUT2D eigenvalue weighted by atomic mass is 16.2. The van der Waals surface area contributed by atoms with Crippen LogP contribution in [0.25, 0.3) is 0 Å². The molecule has 2 N–H and O–H groups in total. The van der Waals surface area contributed by atoms with E-state index in [2.05, 4.69) is 0 Å². The molecule has 0 spiro atoms. The minimum atomic E-state index is 0.152. The number of nitrogens with two attached hydrogens (primary N) is 1. The van der Waals surface area contributed by atoms with E-state index in [1.807, 2.05) is 11.8 Å². The van der Waals surface area contributed by atoms with Crippen molar-refractivity contribution >= 4 is 5.91 Å². The summed E-state index contributed by atoms with van der Waals surface area (Å²) in [5, 5.41) is 0. The van der Waals surface area contributed by atoms with E-state index < -0.39 is 0 Å². The molecule has 1 fully saturated rings. The Hall–Kier alpha value is -0.830. The van der Waals surface area contributed by atoms with Crippen molar-refractivity contribution in [2.45, 2.75) is 26.2 Å². The van der Waals surface area contributed by atoms with Gasteiger partial charge in [-0.2, -0.15) is 0 Å². The predicted octanol–water partition coefficient (Wildman–Crippen LogP) is 1.15. The predicted molar refractivity (Wildman–Crippen MR) is 57.8 cm³/mol. The van der Waals surface area contributed by atoms with Crippen LogP contribution < -0.4 is 5.73 Å². The number of nitrogens with zero attached hydrogens (tertiary/aromatic N) is 1. The van der Waals surface area contributed by atoms with Gasteiger partial charge in [-0.3, -0.25) is 4.79 Å². The largest absolute Gasteiger partial charge is 0.339 e. The van der Waals surface area contributed by atoms with E-state index >= 15 is 0 Å². The first kappa shape index (κ1) is 11.2. The molecule has 0 aromatic heterocycles. The number of allylic oxidation sites excluding steroid dienone is 1. The van der Waals surface area contributed by atoms with Crippen LogP contribution in [-0.2, 0) is 4.79 Å². The van der Waals surface area contributed by atoms with Gasteiger partial charge in [-0.1, -0.05) is 6.08 Å². The lowest BCUT2D eigenvalue weighted by atomic mass is 9.93. The summed E-state index contributed by atoms with van der Waals surface area (Å²) >= 11 is 0. The second-order valence-corrected chi connectivity index (χ2v) is 3.85. The van der Waals surface area contributed by atoms with Crippen molar-refractivity contribution in [2.75, 3.05) is 19.6 Å². The van der Waals surface area contributed by atoms with Crippen molar-refractivity contribution in [3.63, 3.8) is 0 Å². The highest BCUT2D eigenvalue weighted by Crippen LogP contribution is 2.19. The van der Waals surface area contributed by atoms with Crippen molar-refractivity contribution in [3.05, 3.63) is 12.2 Å². The third-order valence-corrected chi connectivity index (χ3v) is 2.81. The molecule has 80 valence electrons. The molecule has 1 rings (SSSR count). The third-order valence-electron chi connectivity index (χ3n) is 2.81. The van der Waals surface area contributed by atoms with Crippen LogP contribution in [0.4, 0.5) is 0 Å². The number of hydrogen-bond donors (Lipinski definition) is 1. The summed E-state index contributed by atoms with van der Waals surface area (Å²) in [7, 11) is 0. The smallest absolute Gasteiger partial charge is 0.246 e. The molecule has 1 aliphatic rings. The second kappa shape index (κ2) is 5.81. The summed E-state index contributed by atoms with van der Waals surface area (Å²) in [4.78, 5) is 13.4. The fraction of sp³-hybridized carbons (Fsp3) is 0.727. The molecule has 1 heterocycles. The van der Waals surface area contributed by atoms with Crippen LogP contribution in [0, 0.1) is 5.92 Å². The minimum absolute atomic E-state index is 0.152. The van der Waals surface area contributed by atoms with Crippen molar-refractivity contribution in [1.82, 2.24) is 4.90 Å². The van der Waals surface area contributed by atoms with Crippen molar-refractivity contribution < 1.29 is 4.79 Å². The maximum atomic E-state index is 11.5. The molecular formula is C11H20N2O. The van der Waals surface area contributed by atoms with E-state index in [1.165, 1.54) is 0 Å². The minimum Gasteiger partial charge on any atom is -0.339 e. The molecular weight excluding hydrogens is 176 g/mol. The zero-order chi connectivity index (χ0) is 10.4. The van der Waals surface area contributed by atoms with E-state index in [0.717, 1.165) is 44.8 Å². The number of piperidine rings is 1. The Morgan fingerprint density at radius 2 is 2.14 bits per heavy atom. The molecule has 14 heavy (non-hydrogen) atoms. The standard InChI is InChI=1S/C11H20N2O/c1-2-3-11(14)13-8-5-10(4-7-12)6-9-13/h2-3,10H,4-9,12H2,1H3. The van der Waals surface area contributed by atoms with Gasteiger partial charge in [0, 0.05) is 13.1 Å². The average Bonchev–Trinajstić information content (AvgIpc) is 2.20. The van der Waals surface area contributed by atoms with Gasteiger partial charge in [-0.05, 0) is 44.7 Å². The van der Waals surface area contributed by atoms with E-state index in [1.54, 1.807) is 12.2 Å². The molecule has 0 radical (unpaired) electrons. The SMILES string of the molecule is CC=CC(=O)N1CCC(CCN)CC1. The molecule has 1 amide bonds. The zero-order valence-electron chi connectivity index (χ0n) is 8.91.